The number of benzene rings is 2. The molecule has 0 unspecified atom stereocenters. The molecule has 148 valence electrons. The number of rotatable bonds is 8. The summed E-state index contributed by atoms with van der Waals surface area (Å²) < 4.78 is 24.0. The van der Waals surface area contributed by atoms with Gasteiger partial charge < -0.3 is 18.9 Å². The van der Waals surface area contributed by atoms with Crippen molar-refractivity contribution in [2.75, 3.05) is 28.4 Å². The lowest BCUT2D eigenvalue weighted by atomic mass is 10.2. The Hall–Kier alpha value is -2.46. The minimum atomic E-state index is 0.619. The Kier molecular flexibility index (Phi) is 6.63. The van der Waals surface area contributed by atoms with Crippen LogP contribution in [0.15, 0.2) is 40.0 Å². The number of methoxy groups -OCH3 is 4. The highest BCUT2D eigenvalue weighted by atomic mass is 79.9. The fraction of sp³-hybridized carbons (Fsp3) is 0.278. The Bertz CT molecular complexity index is 967. The minimum Gasteiger partial charge on any atom is -0.497 e. The third-order valence-electron chi connectivity index (χ3n) is 3.98. The van der Waals surface area contributed by atoms with Crippen LogP contribution in [-0.2, 0) is 5.75 Å². The van der Waals surface area contributed by atoms with E-state index in [-0.39, 0.29) is 0 Å². The van der Waals surface area contributed by atoms with Crippen molar-refractivity contribution in [3.63, 3.8) is 0 Å². The molecule has 0 atom stereocenters. The van der Waals surface area contributed by atoms with Gasteiger partial charge in [-0.15, -0.1) is 5.10 Å². The van der Waals surface area contributed by atoms with E-state index < -0.39 is 0 Å². The first-order chi connectivity index (χ1) is 13.6. The number of nitrogens with zero attached hydrogens (tertiary/aromatic N) is 4. The highest BCUT2D eigenvalue weighted by Crippen LogP contribution is 2.39. The molecule has 0 fully saturated rings. The van der Waals surface area contributed by atoms with Crippen molar-refractivity contribution >= 4 is 27.7 Å². The number of halogens is 1. The van der Waals surface area contributed by atoms with Gasteiger partial charge in [0.15, 0.2) is 11.5 Å². The van der Waals surface area contributed by atoms with Crippen LogP contribution in [0.25, 0.3) is 5.69 Å². The van der Waals surface area contributed by atoms with Gasteiger partial charge in [-0.1, -0.05) is 17.8 Å². The van der Waals surface area contributed by atoms with E-state index in [1.807, 2.05) is 30.3 Å². The van der Waals surface area contributed by atoms with Crippen LogP contribution < -0.4 is 18.9 Å². The number of hydrogen-bond acceptors (Lipinski definition) is 8. The molecule has 1 heterocycles. The van der Waals surface area contributed by atoms with Crippen LogP contribution in [-0.4, -0.2) is 48.6 Å². The summed E-state index contributed by atoms with van der Waals surface area (Å²) in [6, 6.07) is 9.30. The number of thioether (sulfide) groups is 1. The molecule has 0 aliphatic carbocycles. The Morgan fingerprint density at radius 2 is 1.71 bits per heavy atom. The van der Waals surface area contributed by atoms with Gasteiger partial charge in [-0.25, -0.2) is 0 Å². The maximum atomic E-state index is 5.44. The van der Waals surface area contributed by atoms with Gasteiger partial charge in [0.25, 0.3) is 0 Å². The molecule has 0 N–H and O–H groups in total. The zero-order chi connectivity index (χ0) is 20.1. The maximum Gasteiger partial charge on any atom is 0.214 e. The van der Waals surface area contributed by atoms with Crippen LogP contribution in [0, 0.1) is 0 Å². The van der Waals surface area contributed by atoms with Crippen LogP contribution in [0.4, 0.5) is 0 Å². The third-order valence-corrected chi connectivity index (χ3v) is 5.81. The Balaban J connectivity index is 1.89. The molecule has 0 spiro atoms. The molecule has 28 heavy (non-hydrogen) atoms. The van der Waals surface area contributed by atoms with E-state index in [0.29, 0.717) is 39.6 Å². The zero-order valence-corrected chi connectivity index (χ0v) is 18.2. The Labute approximate surface area is 175 Å². The highest BCUT2D eigenvalue weighted by Gasteiger charge is 2.17. The van der Waals surface area contributed by atoms with E-state index in [0.717, 1.165) is 10.0 Å². The van der Waals surface area contributed by atoms with Crippen LogP contribution >= 0.6 is 27.7 Å². The van der Waals surface area contributed by atoms with Gasteiger partial charge in [-0.3, -0.25) is 0 Å². The lowest BCUT2D eigenvalue weighted by Gasteiger charge is -2.13. The molecule has 10 heteroatoms. The molecule has 2 aromatic carbocycles. The average Bonchev–Trinajstić information content (AvgIpc) is 3.20. The molecule has 8 nitrogen and oxygen atoms in total. The van der Waals surface area contributed by atoms with Crippen molar-refractivity contribution in [3.05, 3.63) is 40.4 Å². The molecule has 0 bridgehead atoms. The zero-order valence-electron chi connectivity index (χ0n) is 15.8. The van der Waals surface area contributed by atoms with Crippen molar-refractivity contribution < 1.29 is 18.9 Å². The molecule has 3 aromatic rings. The maximum absolute atomic E-state index is 5.44. The highest BCUT2D eigenvalue weighted by molar-refractivity contribution is 9.10. The summed E-state index contributed by atoms with van der Waals surface area (Å²) in [7, 11) is 6.42. The molecule has 0 aliphatic rings. The van der Waals surface area contributed by atoms with Crippen molar-refractivity contribution in [3.8, 4) is 28.7 Å². The van der Waals surface area contributed by atoms with E-state index in [1.54, 1.807) is 33.1 Å². The monoisotopic (exact) mass is 466 g/mol. The van der Waals surface area contributed by atoms with Gasteiger partial charge in [0, 0.05) is 11.8 Å². The summed E-state index contributed by atoms with van der Waals surface area (Å²) in [5.74, 6) is 3.25. The number of tetrazole rings is 1. The molecule has 3 rings (SSSR count). The van der Waals surface area contributed by atoms with Crippen LogP contribution in [0.3, 0.4) is 0 Å². The molecule has 0 radical (unpaired) electrons. The first-order valence-electron chi connectivity index (χ1n) is 8.15. The summed E-state index contributed by atoms with van der Waals surface area (Å²) >= 11 is 5.07. The lowest BCUT2D eigenvalue weighted by molar-refractivity contribution is 0.353. The summed E-state index contributed by atoms with van der Waals surface area (Å²) in [4.78, 5) is 0. The van der Waals surface area contributed by atoms with Gasteiger partial charge >= 0.3 is 0 Å². The van der Waals surface area contributed by atoms with Crippen LogP contribution in [0.2, 0.25) is 0 Å². The quantitative estimate of drug-likeness (QED) is 0.464. The molecular weight excluding hydrogens is 448 g/mol. The van der Waals surface area contributed by atoms with E-state index in [9.17, 15) is 0 Å². The smallest absolute Gasteiger partial charge is 0.214 e. The van der Waals surface area contributed by atoms with Gasteiger partial charge in [-0.2, -0.15) is 4.68 Å². The van der Waals surface area contributed by atoms with Gasteiger partial charge in [0.2, 0.25) is 5.16 Å². The molecule has 0 saturated heterocycles. The largest absolute Gasteiger partial charge is 0.497 e. The molecule has 1 aromatic heterocycles. The Morgan fingerprint density at radius 3 is 2.39 bits per heavy atom. The van der Waals surface area contributed by atoms with Crippen molar-refractivity contribution in [2.45, 2.75) is 10.9 Å². The first-order valence-corrected chi connectivity index (χ1v) is 9.93. The van der Waals surface area contributed by atoms with E-state index in [2.05, 4.69) is 31.5 Å². The van der Waals surface area contributed by atoms with Crippen LogP contribution in [0.5, 0.6) is 23.0 Å². The molecule has 0 saturated carbocycles. The second kappa shape index (κ2) is 9.16. The third kappa shape index (κ3) is 4.02. The Morgan fingerprint density at radius 1 is 0.964 bits per heavy atom. The summed E-state index contributed by atoms with van der Waals surface area (Å²) in [5, 5.41) is 12.7. The molecular formula is C18H19BrN4O4S. The normalized spacial score (nSPS) is 10.6. The van der Waals surface area contributed by atoms with Gasteiger partial charge in [0.05, 0.1) is 32.9 Å². The second-order valence-corrected chi connectivity index (χ2v) is 7.21. The second-order valence-electron chi connectivity index (χ2n) is 5.47. The molecule has 0 amide bonds. The van der Waals surface area contributed by atoms with Crippen molar-refractivity contribution in [1.82, 2.24) is 20.2 Å². The summed E-state index contributed by atoms with van der Waals surface area (Å²) in [6.07, 6.45) is 0. The fourth-order valence-corrected chi connectivity index (χ4v) is 4.26. The standard InChI is InChI=1S/C18H19BrN4O4S/c1-24-12-6-8-14(25-2)13(9-12)23-18(20-21-22-23)28-10-11-5-7-15(26-3)17(27-4)16(11)19/h5-9H,10H2,1-4H3. The molecule has 0 aliphatic heterocycles. The van der Waals surface area contributed by atoms with E-state index in [4.69, 9.17) is 18.9 Å². The van der Waals surface area contributed by atoms with E-state index in [1.165, 1.54) is 11.8 Å². The summed E-state index contributed by atoms with van der Waals surface area (Å²) in [5.41, 5.74) is 1.72. The van der Waals surface area contributed by atoms with Gasteiger partial charge in [0.1, 0.15) is 17.2 Å². The topological polar surface area (TPSA) is 80.5 Å². The van der Waals surface area contributed by atoms with Gasteiger partial charge in [-0.05, 0) is 50.1 Å². The average molecular weight is 467 g/mol. The van der Waals surface area contributed by atoms with Crippen molar-refractivity contribution in [1.29, 1.82) is 0 Å². The SMILES string of the molecule is COc1ccc(OC)c(-n2nnnc2SCc2ccc(OC)c(OC)c2Br)c1. The van der Waals surface area contributed by atoms with Crippen LogP contribution in [0.1, 0.15) is 5.56 Å². The minimum absolute atomic E-state index is 0.619. The van der Waals surface area contributed by atoms with E-state index >= 15 is 0 Å². The number of aromatic nitrogens is 4. The first kappa shape index (κ1) is 20.3. The predicted molar refractivity (Wildman–Crippen MR) is 109 cm³/mol. The summed E-state index contributed by atoms with van der Waals surface area (Å²) in [6.45, 7) is 0. The fourth-order valence-electron chi connectivity index (χ4n) is 2.57. The number of hydrogen-bond donors (Lipinski definition) is 0. The van der Waals surface area contributed by atoms with Crippen molar-refractivity contribution in [2.24, 2.45) is 0 Å². The predicted octanol–water partition coefficient (Wildman–Crippen LogP) is 3.75. The lowest BCUT2D eigenvalue weighted by Crippen LogP contribution is -2.03. The number of ether oxygens (including phenoxy) is 4.